The van der Waals surface area contributed by atoms with Crippen molar-refractivity contribution in [1.82, 2.24) is 25.2 Å². The zero-order valence-electron chi connectivity index (χ0n) is 15.9. The van der Waals surface area contributed by atoms with E-state index >= 15 is 0 Å². The summed E-state index contributed by atoms with van der Waals surface area (Å²) < 4.78 is 2.90. The summed E-state index contributed by atoms with van der Waals surface area (Å²) in [5.41, 5.74) is 4.19. The minimum atomic E-state index is -0.383. The third-order valence-corrected chi connectivity index (χ3v) is 5.59. The maximum Gasteiger partial charge on any atom is 0.253 e. The van der Waals surface area contributed by atoms with Crippen LogP contribution in [0.2, 0.25) is 0 Å². The smallest absolute Gasteiger partial charge is 0.253 e. The molecule has 0 radical (unpaired) electrons. The summed E-state index contributed by atoms with van der Waals surface area (Å²) >= 11 is 4.74. The van der Waals surface area contributed by atoms with Crippen molar-refractivity contribution < 1.29 is 4.79 Å². The number of amides is 1. The van der Waals surface area contributed by atoms with Crippen LogP contribution in [0.5, 0.6) is 0 Å². The molecular weight excluding hydrogens is 454 g/mol. The van der Waals surface area contributed by atoms with Crippen LogP contribution in [-0.4, -0.2) is 37.1 Å². The summed E-state index contributed by atoms with van der Waals surface area (Å²) in [5.74, 6) is 0.552. The topological polar surface area (TPSA) is 97.1 Å². The first-order valence-electron chi connectivity index (χ1n) is 8.81. The minimum Gasteiger partial charge on any atom is -0.378 e. The maximum absolute atomic E-state index is 12.3. The first-order chi connectivity index (χ1) is 14.0. The predicted octanol–water partition coefficient (Wildman–Crippen LogP) is 3.22. The molecule has 2 heterocycles. The van der Waals surface area contributed by atoms with Crippen molar-refractivity contribution in [3.05, 3.63) is 64.7 Å². The predicted molar refractivity (Wildman–Crippen MR) is 118 cm³/mol. The van der Waals surface area contributed by atoms with E-state index in [0.29, 0.717) is 17.4 Å². The Morgan fingerprint density at radius 3 is 2.79 bits per heavy atom. The Balaban J connectivity index is 1.52. The van der Waals surface area contributed by atoms with E-state index in [-0.39, 0.29) is 11.2 Å². The Kier molecular flexibility index (Phi) is 7.36. The summed E-state index contributed by atoms with van der Waals surface area (Å²) in [6.07, 6.45) is 3.17. The van der Waals surface area contributed by atoms with E-state index in [1.807, 2.05) is 48.0 Å². The second-order valence-corrected chi connectivity index (χ2v) is 8.29. The normalized spacial score (nSPS) is 12.1. The number of thioether (sulfide) groups is 1. The van der Waals surface area contributed by atoms with Gasteiger partial charge in [0.1, 0.15) is 0 Å². The monoisotopic (exact) mass is 473 g/mol. The van der Waals surface area contributed by atoms with Crippen LogP contribution in [0.1, 0.15) is 18.4 Å². The molecule has 0 fully saturated rings. The number of benzene rings is 1. The molecule has 150 valence electrons. The zero-order chi connectivity index (χ0) is 20.6. The Bertz CT molecular complexity index is 976. The highest BCUT2D eigenvalue weighted by Crippen LogP contribution is 2.22. The number of carbonyl (C=O) groups excluding carboxylic acids is 1. The van der Waals surface area contributed by atoms with Crippen LogP contribution in [0, 0.1) is 0 Å². The number of aromatic nitrogens is 4. The summed E-state index contributed by atoms with van der Waals surface area (Å²) in [5, 5.41) is 15.9. The van der Waals surface area contributed by atoms with Gasteiger partial charge < -0.3 is 9.88 Å². The molecule has 0 aliphatic rings. The minimum absolute atomic E-state index is 0.222. The van der Waals surface area contributed by atoms with Crippen LogP contribution in [-0.2, 0) is 18.4 Å². The van der Waals surface area contributed by atoms with Crippen LogP contribution < -0.4 is 10.7 Å². The summed E-state index contributed by atoms with van der Waals surface area (Å²) in [6.45, 7) is 2.32. The van der Waals surface area contributed by atoms with Crippen molar-refractivity contribution in [2.24, 2.45) is 12.1 Å². The molecule has 2 aromatic heterocycles. The average Bonchev–Trinajstić information content (AvgIpc) is 3.07. The van der Waals surface area contributed by atoms with Crippen molar-refractivity contribution in [2.45, 2.75) is 23.9 Å². The van der Waals surface area contributed by atoms with Crippen LogP contribution in [0.25, 0.3) is 0 Å². The van der Waals surface area contributed by atoms with Crippen molar-refractivity contribution in [1.29, 1.82) is 0 Å². The first-order valence-corrected chi connectivity index (χ1v) is 10.5. The van der Waals surface area contributed by atoms with Crippen molar-refractivity contribution in [2.75, 3.05) is 5.32 Å². The van der Waals surface area contributed by atoms with Gasteiger partial charge in [-0.25, -0.2) is 5.43 Å². The van der Waals surface area contributed by atoms with Crippen molar-refractivity contribution in [3.8, 4) is 0 Å². The van der Waals surface area contributed by atoms with Gasteiger partial charge >= 0.3 is 0 Å². The molecule has 1 amide bonds. The van der Waals surface area contributed by atoms with Gasteiger partial charge in [0.15, 0.2) is 11.0 Å². The van der Waals surface area contributed by atoms with Gasteiger partial charge in [0, 0.05) is 23.4 Å². The van der Waals surface area contributed by atoms with Gasteiger partial charge in [-0.3, -0.25) is 9.78 Å². The van der Waals surface area contributed by atoms with Gasteiger partial charge in [-0.05, 0) is 43.3 Å². The number of hydrazone groups is 1. The van der Waals surface area contributed by atoms with Gasteiger partial charge in [0.2, 0.25) is 0 Å². The third-order valence-electron chi connectivity index (χ3n) is 3.93. The molecule has 0 saturated carbocycles. The Morgan fingerprint density at radius 2 is 2.07 bits per heavy atom. The van der Waals surface area contributed by atoms with Crippen LogP contribution in [0.3, 0.4) is 0 Å². The highest BCUT2D eigenvalue weighted by atomic mass is 79.9. The first kappa shape index (κ1) is 21.0. The van der Waals surface area contributed by atoms with Crippen LogP contribution in [0.4, 0.5) is 5.69 Å². The number of nitrogens with one attached hydrogen (secondary N) is 2. The number of hydrogen-bond donors (Lipinski definition) is 2. The van der Waals surface area contributed by atoms with Crippen LogP contribution in [0.15, 0.2) is 63.4 Å². The molecular formula is C19H20BrN7OS. The molecule has 0 spiro atoms. The number of rotatable bonds is 8. The van der Waals surface area contributed by atoms with Gasteiger partial charge in [0.05, 0.1) is 23.7 Å². The summed E-state index contributed by atoms with van der Waals surface area (Å²) in [6, 6.07) is 13.4. The number of nitrogens with zero attached hydrogens (tertiary/aromatic N) is 5. The molecule has 3 rings (SSSR count). The molecule has 10 heteroatoms. The lowest BCUT2D eigenvalue weighted by Crippen LogP contribution is -2.27. The fourth-order valence-corrected chi connectivity index (χ4v) is 3.36. The van der Waals surface area contributed by atoms with E-state index in [9.17, 15) is 4.79 Å². The molecule has 1 atom stereocenters. The van der Waals surface area contributed by atoms with E-state index in [2.05, 4.69) is 47.0 Å². The molecule has 0 aliphatic carbocycles. The van der Waals surface area contributed by atoms with Gasteiger partial charge in [0.25, 0.3) is 5.91 Å². The molecule has 0 aliphatic heterocycles. The standard InChI is InChI=1S/C19H20BrN7OS/c1-13(18(28)25-23-11-16-5-3-4-10-21-16)29-19-26-24-17(27(19)2)12-22-15-8-6-14(20)7-9-15/h3-11,13,22H,12H2,1-2H3,(H,25,28)/b23-11-/t13-/m0/s1. The third kappa shape index (κ3) is 6.13. The molecule has 29 heavy (non-hydrogen) atoms. The lowest BCUT2D eigenvalue weighted by atomic mass is 10.3. The molecule has 0 unspecified atom stereocenters. The lowest BCUT2D eigenvalue weighted by Gasteiger charge is -2.10. The van der Waals surface area contributed by atoms with Gasteiger partial charge in [-0.15, -0.1) is 10.2 Å². The number of halogens is 1. The fourth-order valence-electron chi connectivity index (χ4n) is 2.27. The van der Waals surface area contributed by atoms with Crippen molar-refractivity contribution >= 4 is 45.5 Å². The number of anilines is 1. The van der Waals surface area contributed by atoms with Crippen molar-refractivity contribution in [3.63, 3.8) is 0 Å². The Labute approximate surface area is 181 Å². The maximum atomic E-state index is 12.3. The highest BCUT2D eigenvalue weighted by molar-refractivity contribution is 9.10. The molecule has 0 bridgehead atoms. The molecule has 1 aromatic carbocycles. The van der Waals surface area contributed by atoms with E-state index in [0.717, 1.165) is 16.0 Å². The number of carbonyl (C=O) groups is 1. The second-order valence-electron chi connectivity index (χ2n) is 6.07. The number of pyridine rings is 1. The second kappa shape index (κ2) is 10.2. The molecule has 0 saturated heterocycles. The molecule has 2 N–H and O–H groups in total. The zero-order valence-corrected chi connectivity index (χ0v) is 18.3. The molecule has 3 aromatic rings. The molecule has 8 nitrogen and oxygen atoms in total. The average molecular weight is 474 g/mol. The van der Waals surface area contributed by atoms with Crippen LogP contribution >= 0.6 is 27.7 Å². The Morgan fingerprint density at radius 1 is 1.28 bits per heavy atom. The van der Waals surface area contributed by atoms with E-state index < -0.39 is 0 Å². The van der Waals surface area contributed by atoms with E-state index in [1.165, 1.54) is 18.0 Å². The summed E-state index contributed by atoms with van der Waals surface area (Å²) in [7, 11) is 1.88. The van der Waals surface area contributed by atoms with Gasteiger partial charge in [-0.1, -0.05) is 33.8 Å². The fraction of sp³-hybridized carbons (Fsp3) is 0.211. The number of hydrogen-bond acceptors (Lipinski definition) is 7. The lowest BCUT2D eigenvalue weighted by molar-refractivity contribution is -0.120. The van der Waals surface area contributed by atoms with Gasteiger partial charge in [-0.2, -0.15) is 5.10 Å². The largest absolute Gasteiger partial charge is 0.378 e. The Hall–Kier alpha value is -2.72. The van der Waals surface area contributed by atoms with E-state index in [4.69, 9.17) is 0 Å². The van der Waals surface area contributed by atoms with E-state index in [1.54, 1.807) is 19.2 Å². The summed E-state index contributed by atoms with van der Waals surface area (Å²) in [4.78, 5) is 16.4. The highest BCUT2D eigenvalue weighted by Gasteiger charge is 2.18. The SMILES string of the molecule is C[C@H](Sc1nnc(CNc2ccc(Br)cc2)n1C)C(=O)N/N=C\c1ccccn1. The quantitative estimate of drug-likeness (QED) is 0.296.